The van der Waals surface area contributed by atoms with E-state index in [1.807, 2.05) is 4.98 Å². The Kier molecular flexibility index (Phi) is 3.88. The van der Waals surface area contributed by atoms with Crippen LogP contribution in [0.25, 0.3) is 0 Å². The van der Waals surface area contributed by atoms with Gasteiger partial charge in [-0.2, -0.15) is 0 Å². The highest BCUT2D eigenvalue weighted by atomic mass is 16.6. The molecule has 10 nitrogen and oxygen atoms in total. The van der Waals surface area contributed by atoms with Crippen molar-refractivity contribution in [1.29, 1.82) is 0 Å². The van der Waals surface area contributed by atoms with E-state index in [0.717, 1.165) is 16.8 Å². The lowest BCUT2D eigenvalue weighted by Gasteiger charge is -2.16. The van der Waals surface area contributed by atoms with Gasteiger partial charge in [-0.1, -0.05) is 0 Å². The van der Waals surface area contributed by atoms with Gasteiger partial charge in [-0.15, -0.1) is 0 Å². The van der Waals surface area contributed by atoms with Crippen LogP contribution in [-0.2, 0) is 9.47 Å². The van der Waals surface area contributed by atoms with Gasteiger partial charge in [0.15, 0.2) is 6.23 Å². The quantitative estimate of drug-likeness (QED) is 0.469. The molecule has 0 aliphatic carbocycles. The standard InChI is InChI=1S/C10H13N3O7/c11-9(17)19-3-4-6(15)7(16)8(20-4)13-2-1-5(14)12-10(13)18/h1-2,4,6-8,15-16H,3H2,(H2,11,17)(H,12,14,18)/t4-,6-,7-,8-/m1/s1. The van der Waals surface area contributed by atoms with Crippen LogP contribution in [0.1, 0.15) is 6.23 Å². The summed E-state index contributed by atoms with van der Waals surface area (Å²) in [6, 6.07) is 1.07. The van der Waals surface area contributed by atoms with Gasteiger partial charge < -0.3 is 25.4 Å². The first-order valence-electron chi connectivity index (χ1n) is 5.65. The van der Waals surface area contributed by atoms with Gasteiger partial charge in [0.05, 0.1) is 0 Å². The molecule has 1 aromatic rings. The fraction of sp³-hybridized carbons (Fsp3) is 0.500. The maximum Gasteiger partial charge on any atom is 0.404 e. The Bertz CT molecular complexity index is 609. The van der Waals surface area contributed by atoms with Crippen molar-refractivity contribution in [3.63, 3.8) is 0 Å². The van der Waals surface area contributed by atoms with Crippen molar-refractivity contribution in [3.8, 4) is 0 Å². The predicted octanol–water partition coefficient (Wildman–Crippen LogP) is -2.75. The Hall–Kier alpha value is -2.17. The topological polar surface area (TPSA) is 157 Å². The van der Waals surface area contributed by atoms with E-state index >= 15 is 0 Å². The van der Waals surface area contributed by atoms with E-state index in [9.17, 15) is 24.6 Å². The van der Waals surface area contributed by atoms with Gasteiger partial charge in [-0.3, -0.25) is 14.3 Å². The van der Waals surface area contributed by atoms with Crippen LogP contribution in [0, 0.1) is 0 Å². The molecule has 0 aromatic carbocycles. The van der Waals surface area contributed by atoms with E-state index in [-0.39, 0.29) is 6.61 Å². The molecule has 0 spiro atoms. The van der Waals surface area contributed by atoms with Crippen molar-refractivity contribution in [1.82, 2.24) is 9.55 Å². The Morgan fingerprint density at radius 2 is 2.15 bits per heavy atom. The van der Waals surface area contributed by atoms with E-state index < -0.39 is 41.9 Å². The second kappa shape index (κ2) is 5.45. The van der Waals surface area contributed by atoms with Gasteiger partial charge in [0, 0.05) is 12.3 Å². The highest BCUT2D eigenvalue weighted by molar-refractivity contribution is 5.64. The monoisotopic (exact) mass is 287 g/mol. The highest BCUT2D eigenvalue weighted by Gasteiger charge is 2.44. The summed E-state index contributed by atoms with van der Waals surface area (Å²) in [5.74, 6) is 0. The fourth-order valence-corrected chi connectivity index (χ4v) is 1.89. The van der Waals surface area contributed by atoms with Gasteiger partial charge >= 0.3 is 11.8 Å². The zero-order chi connectivity index (χ0) is 14.9. The van der Waals surface area contributed by atoms with Gasteiger partial charge in [0.25, 0.3) is 5.56 Å². The lowest BCUT2D eigenvalue weighted by atomic mass is 10.1. The van der Waals surface area contributed by atoms with Crippen molar-refractivity contribution < 1.29 is 24.5 Å². The SMILES string of the molecule is NC(=O)OC[C@H]1O[C@@H](n2ccc(=O)[nH]c2=O)[C@H](O)[C@@H]1O. The summed E-state index contributed by atoms with van der Waals surface area (Å²) in [5.41, 5.74) is 3.38. The summed E-state index contributed by atoms with van der Waals surface area (Å²) in [7, 11) is 0. The minimum absolute atomic E-state index is 0.373. The molecule has 1 aromatic heterocycles. The summed E-state index contributed by atoms with van der Waals surface area (Å²) in [4.78, 5) is 35.0. The summed E-state index contributed by atoms with van der Waals surface area (Å²) in [6.07, 6.45) is -4.99. The minimum atomic E-state index is -1.43. The second-order valence-electron chi connectivity index (χ2n) is 4.19. The number of primary amides is 1. The minimum Gasteiger partial charge on any atom is -0.447 e. The normalized spacial score (nSPS) is 29.3. The third kappa shape index (κ3) is 2.71. The number of H-pyrrole nitrogens is 1. The van der Waals surface area contributed by atoms with E-state index in [4.69, 9.17) is 10.5 Å². The predicted molar refractivity (Wildman–Crippen MR) is 62.8 cm³/mol. The molecule has 0 saturated carbocycles. The number of hydrogen-bond acceptors (Lipinski definition) is 7. The van der Waals surface area contributed by atoms with E-state index in [2.05, 4.69) is 4.74 Å². The molecule has 110 valence electrons. The van der Waals surface area contributed by atoms with Crippen LogP contribution in [0.4, 0.5) is 4.79 Å². The van der Waals surface area contributed by atoms with Crippen LogP contribution in [0.2, 0.25) is 0 Å². The first kappa shape index (κ1) is 14.2. The number of ether oxygens (including phenoxy) is 2. The zero-order valence-corrected chi connectivity index (χ0v) is 10.1. The van der Waals surface area contributed by atoms with Crippen LogP contribution < -0.4 is 17.0 Å². The van der Waals surface area contributed by atoms with Crippen LogP contribution in [-0.4, -0.2) is 50.8 Å². The van der Waals surface area contributed by atoms with E-state index in [0.29, 0.717) is 0 Å². The third-order valence-corrected chi connectivity index (χ3v) is 2.85. The summed E-state index contributed by atoms with van der Waals surface area (Å²) in [6.45, 7) is -0.373. The molecule has 4 atom stereocenters. The molecule has 1 saturated heterocycles. The number of aromatic amines is 1. The molecular weight excluding hydrogens is 274 g/mol. The van der Waals surface area contributed by atoms with Crippen molar-refractivity contribution in [2.75, 3.05) is 6.61 Å². The molecule has 0 radical (unpaired) electrons. The number of nitrogens with two attached hydrogens (primary N) is 1. The summed E-state index contributed by atoms with van der Waals surface area (Å²) >= 11 is 0. The number of nitrogens with zero attached hydrogens (tertiary/aromatic N) is 1. The van der Waals surface area contributed by atoms with Crippen molar-refractivity contribution in [2.24, 2.45) is 5.73 Å². The van der Waals surface area contributed by atoms with Crippen molar-refractivity contribution in [3.05, 3.63) is 33.1 Å². The van der Waals surface area contributed by atoms with Crippen LogP contribution >= 0.6 is 0 Å². The first-order chi connectivity index (χ1) is 9.40. The molecule has 1 amide bonds. The van der Waals surface area contributed by atoms with Crippen LogP contribution in [0.15, 0.2) is 21.9 Å². The Morgan fingerprint density at radius 1 is 1.45 bits per heavy atom. The number of carbonyl (C=O) groups excluding carboxylic acids is 1. The number of aliphatic hydroxyl groups excluding tert-OH is 2. The average molecular weight is 287 g/mol. The molecule has 2 heterocycles. The van der Waals surface area contributed by atoms with Gasteiger partial charge in [-0.05, 0) is 0 Å². The molecule has 1 fully saturated rings. The molecular formula is C10H13N3O7. The van der Waals surface area contributed by atoms with Crippen molar-refractivity contribution >= 4 is 6.09 Å². The maximum absolute atomic E-state index is 11.6. The van der Waals surface area contributed by atoms with Crippen LogP contribution in [0.3, 0.4) is 0 Å². The van der Waals surface area contributed by atoms with Crippen molar-refractivity contribution in [2.45, 2.75) is 24.5 Å². The number of amides is 1. The Balaban J connectivity index is 2.19. The Morgan fingerprint density at radius 3 is 2.75 bits per heavy atom. The van der Waals surface area contributed by atoms with Gasteiger partial charge in [0.2, 0.25) is 0 Å². The molecule has 1 aliphatic heterocycles. The van der Waals surface area contributed by atoms with E-state index in [1.54, 1.807) is 0 Å². The molecule has 5 N–H and O–H groups in total. The zero-order valence-electron chi connectivity index (χ0n) is 10.1. The summed E-state index contributed by atoms with van der Waals surface area (Å²) in [5, 5.41) is 19.6. The Labute approximate surface area is 111 Å². The first-order valence-corrected chi connectivity index (χ1v) is 5.65. The summed E-state index contributed by atoms with van der Waals surface area (Å²) < 4.78 is 10.6. The number of nitrogens with one attached hydrogen (secondary N) is 1. The molecule has 1 aliphatic rings. The fourth-order valence-electron chi connectivity index (χ4n) is 1.89. The molecule has 0 unspecified atom stereocenters. The number of aliphatic hydroxyl groups is 2. The molecule has 10 heteroatoms. The molecule has 20 heavy (non-hydrogen) atoms. The number of aromatic nitrogens is 2. The molecule has 0 bridgehead atoms. The smallest absolute Gasteiger partial charge is 0.404 e. The number of carbonyl (C=O) groups is 1. The van der Waals surface area contributed by atoms with Crippen LogP contribution in [0.5, 0.6) is 0 Å². The second-order valence-corrected chi connectivity index (χ2v) is 4.19. The highest BCUT2D eigenvalue weighted by Crippen LogP contribution is 2.28. The molecule has 2 rings (SSSR count). The van der Waals surface area contributed by atoms with Gasteiger partial charge in [-0.25, -0.2) is 9.59 Å². The number of rotatable bonds is 3. The van der Waals surface area contributed by atoms with Gasteiger partial charge in [0.1, 0.15) is 24.9 Å². The maximum atomic E-state index is 11.6. The largest absolute Gasteiger partial charge is 0.447 e. The lowest BCUT2D eigenvalue weighted by molar-refractivity contribution is -0.0563. The lowest BCUT2D eigenvalue weighted by Crippen LogP contribution is -2.37. The average Bonchev–Trinajstić information content (AvgIpc) is 2.64. The third-order valence-electron chi connectivity index (χ3n) is 2.85. The number of hydrogen-bond donors (Lipinski definition) is 4. The van der Waals surface area contributed by atoms with E-state index in [1.165, 1.54) is 0 Å².